The second-order valence-corrected chi connectivity index (χ2v) is 4.38. The van der Waals surface area contributed by atoms with Gasteiger partial charge < -0.3 is 18.9 Å². The van der Waals surface area contributed by atoms with Crippen LogP contribution in [-0.4, -0.2) is 37.9 Å². The lowest BCUT2D eigenvalue weighted by atomic mass is 10.2. The molecule has 0 aliphatic carbocycles. The van der Waals surface area contributed by atoms with Gasteiger partial charge in [0, 0.05) is 6.42 Å². The van der Waals surface area contributed by atoms with Crippen LogP contribution in [-0.2, 0) is 14.3 Å². The third-order valence-electron chi connectivity index (χ3n) is 2.92. The average Bonchev–Trinajstić information content (AvgIpc) is 2.86. The maximum Gasteiger partial charge on any atom is 0.347 e. The molecule has 0 radical (unpaired) electrons. The summed E-state index contributed by atoms with van der Waals surface area (Å²) in [5.41, 5.74) is 0.307. The van der Waals surface area contributed by atoms with Gasteiger partial charge in [0.15, 0.2) is 11.5 Å². The number of cyclic esters (lactones) is 1. The smallest absolute Gasteiger partial charge is 0.347 e. The van der Waals surface area contributed by atoms with E-state index in [4.69, 9.17) is 18.9 Å². The molecule has 1 aromatic carbocycles. The molecular formula is C15H18O6. The zero-order chi connectivity index (χ0) is 15.2. The van der Waals surface area contributed by atoms with E-state index < -0.39 is 18.0 Å². The number of ether oxygens (including phenoxy) is 4. The summed E-state index contributed by atoms with van der Waals surface area (Å²) in [5.74, 6) is -0.0406. The van der Waals surface area contributed by atoms with Gasteiger partial charge in [-0.3, -0.25) is 0 Å². The molecule has 1 aromatic rings. The van der Waals surface area contributed by atoms with Gasteiger partial charge in [-0.05, 0) is 32.0 Å². The van der Waals surface area contributed by atoms with Crippen molar-refractivity contribution < 1.29 is 28.5 Å². The fourth-order valence-electron chi connectivity index (χ4n) is 1.96. The fourth-order valence-corrected chi connectivity index (χ4v) is 1.96. The minimum atomic E-state index is -0.820. The lowest BCUT2D eigenvalue weighted by Gasteiger charge is -2.13. The molecule has 6 nitrogen and oxygen atoms in total. The summed E-state index contributed by atoms with van der Waals surface area (Å²) in [4.78, 5) is 23.4. The van der Waals surface area contributed by atoms with Gasteiger partial charge in [-0.15, -0.1) is 0 Å². The summed E-state index contributed by atoms with van der Waals surface area (Å²) in [6.45, 7) is 4.94. The van der Waals surface area contributed by atoms with Gasteiger partial charge >= 0.3 is 11.9 Å². The molecule has 114 valence electrons. The first-order chi connectivity index (χ1) is 10.2. The molecule has 1 heterocycles. The van der Waals surface area contributed by atoms with Gasteiger partial charge in [0.2, 0.25) is 6.10 Å². The number of hydrogen-bond donors (Lipinski definition) is 0. The quantitative estimate of drug-likeness (QED) is 0.747. The highest BCUT2D eigenvalue weighted by Gasteiger charge is 2.30. The van der Waals surface area contributed by atoms with Crippen LogP contribution in [0.2, 0.25) is 0 Å². The second kappa shape index (κ2) is 6.97. The maximum atomic E-state index is 12.0. The van der Waals surface area contributed by atoms with E-state index in [1.54, 1.807) is 18.2 Å². The summed E-state index contributed by atoms with van der Waals surface area (Å²) < 4.78 is 20.8. The van der Waals surface area contributed by atoms with E-state index in [9.17, 15) is 9.59 Å². The number of hydrogen-bond acceptors (Lipinski definition) is 6. The van der Waals surface area contributed by atoms with Crippen molar-refractivity contribution >= 4 is 11.9 Å². The Labute approximate surface area is 122 Å². The number of carbonyl (C=O) groups excluding carboxylic acids is 2. The first-order valence-corrected chi connectivity index (χ1v) is 6.93. The van der Waals surface area contributed by atoms with E-state index in [-0.39, 0.29) is 6.61 Å². The van der Waals surface area contributed by atoms with Gasteiger partial charge in [-0.2, -0.15) is 0 Å². The summed E-state index contributed by atoms with van der Waals surface area (Å²) in [7, 11) is 0. The molecule has 1 aliphatic rings. The van der Waals surface area contributed by atoms with Gasteiger partial charge in [-0.25, -0.2) is 9.59 Å². The third kappa shape index (κ3) is 3.65. The summed E-state index contributed by atoms with van der Waals surface area (Å²) in [6, 6.07) is 4.78. The molecule has 0 saturated carbocycles. The number of esters is 2. The molecule has 1 aliphatic heterocycles. The third-order valence-corrected chi connectivity index (χ3v) is 2.92. The van der Waals surface area contributed by atoms with Crippen LogP contribution in [0.25, 0.3) is 0 Å². The van der Waals surface area contributed by atoms with Crippen molar-refractivity contribution in [3.05, 3.63) is 23.8 Å². The van der Waals surface area contributed by atoms with E-state index >= 15 is 0 Å². The van der Waals surface area contributed by atoms with Crippen molar-refractivity contribution in [3.8, 4) is 11.5 Å². The molecule has 0 bridgehead atoms. The normalized spacial score (nSPS) is 17.2. The van der Waals surface area contributed by atoms with Crippen molar-refractivity contribution in [2.45, 2.75) is 26.4 Å². The van der Waals surface area contributed by atoms with Crippen LogP contribution < -0.4 is 9.47 Å². The summed E-state index contributed by atoms with van der Waals surface area (Å²) >= 11 is 0. The molecule has 1 unspecified atom stereocenters. The van der Waals surface area contributed by atoms with Crippen LogP contribution in [0.15, 0.2) is 18.2 Å². The molecule has 0 aromatic heterocycles. The first-order valence-electron chi connectivity index (χ1n) is 6.93. The Balaban J connectivity index is 2.13. The minimum absolute atomic E-state index is 0.282. The zero-order valence-corrected chi connectivity index (χ0v) is 12.1. The number of benzene rings is 1. The lowest BCUT2D eigenvalue weighted by molar-refractivity contribution is -0.145. The Morgan fingerprint density at radius 3 is 2.57 bits per heavy atom. The molecule has 1 fully saturated rings. The van der Waals surface area contributed by atoms with E-state index in [2.05, 4.69) is 0 Å². The highest BCUT2D eigenvalue weighted by molar-refractivity contribution is 5.92. The molecule has 21 heavy (non-hydrogen) atoms. The van der Waals surface area contributed by atoms with Crippen LogP contribution >= 0.6 is 0 Å². The summed E-state index contributed by atoms with van der Waals surface area (Å²) in [5, 5.41) is 0. The van der Waals surface area contributed by atoms with E-state index in [1.165, 1.54) is 0 Å². The van der Waals surface area contributed by atoms with Crippen molar-refractivity contribution in [3.63, 3.8) is 0 Å². The predicted molar refractivity (Wildman–Crippen MR) is 73.6 cm³/mol. The molecule has 0 amide bonds. The van der Waals surface area contributed by atoms with Crippen LogP contribution in [0, 0.1) is 0 Å². The van der Waals surface area contributed by atoms with Crippen molar-refractivity contribution in [2.24, 2.45) is 0 Å². The monoisotopic (exact) mass is 294 g/mol. The number of carbonyl (C=O) groups is 2. The zero-order valence-electron chi connectivity index (χ0n) is 12.1. The SMILES string of the molecule is CCOc1ccc(C(=O)OC2CCOC2=O)cc1OCC. The van der Waals surface area contributed by atoms with Crippen LogP contribution in [0.5, 0.6) is 11.5 Å². The molecule has 1 atom stereocenters. The first kappa shape index (κ1) is 15.2. The van der Waals surface area contributed by atoms with Crippen molar-refractivity contribution in [1.82, 2.24) is 0 Å². The maximum absolute atomic E-state index is 12.0. The Kier molecular flexibility index (Phi) is 5.03. The minimum Gasteiger partial charge on any atom is -0.490 e. The standard InChI is InChI=1S/C15H18O6/c1-3-18-11-6-5-10(9-13(11)19-4-2)14(16)21-12-7-8-20-15(12)17/h5-6,9,12H,3-4,7-8H2,1-2H3. The van der Waals surface area contributed by atoms with E-state index in [1.807, 2.05) is 13.8 Å². The molecular weight excluding hydrogens is 276 g/mol. The Bertz CT molecular complexity index is 525. The highest BCUT2D eigenvalue weighted by atomic mass is 16.6. The topological polar surface area (TPSA) is 71.1 Å². The van der Waals surface area contributed by atoms with Gasteiger partial charge in [0.05, 0.1) is 25.4 Å². The molecule has 6 heteroatoms. The predicted octanol–water partition coefficient (Wildman–Crippen LogP) is 1.96. The molecule has 0 spiro atoms. The summed E-state index contributed by atoms with van der Waals surface area (Å²) in [6.07, 6.45) is -0.431. The van der Waals surface area contributed by atoms with Crippen LogP contribution in [0.1, 0.15) is 30.6 Å². The Morgan fingerprint density at radius 1 is 1.24 bits per heavy atom. The largest absolute Gasteiger partial charge is 0.490 e. The van der Waals surface area contributed by atoms with E-state index in [0.717, 1.165) is 0 Å². The Morgan fingerprint density at radius 2 is 1.95 bits per heavy atom. The van der Waals surface area contributed by atoms with Gasteiger partial charge in [0.1, 0.15) is 0 Å². The molecule has 2 rings (SSSR count). The van der Waals surface area contributed by atoms with Crippen LogP contribution in [0.3, 0.4) is 0 Å². The average molecular weight is 294 g/mol. The van der Waals surface area contributed by atoms with Gasteiger partial charge in [-0.1, -0.05) is 0 Å². The second-order valence-electron chi connectivity index (χ2n) is 4.38. The molecule has 0 N–H and O–H groups in total. The fraction of sp³-hybridized carbons (Fsp3) is 0.467. The highest BCUT2D eigenvalue weighted by Crippen LogP contribution is 2.29. The molecule has 1 saturated heterocycles. The lowest BCUT2D eigenvalue weighted by Crippen LogP contribution is -2.22. The van der Waals surface area contributed by atoms with Crippen LogP contribution in [0.4, 0.5) is 0 Å². The van der Waals surface area contributed by atoms with Gasteiger partial charge in [0.25, 0.3) is 0 Å². The van der Waals surface area contributed by atoms with Crippen molar-refractivity contribution in [1.29, 1.82) is 0 Å². The number of rotatable bonds is 6. The Hall–Kier alpha value is -2.24. The van der Waals surface area contributed by atoms with E-state index in [0.29, 0.717) is 36.7 Å². The van der Waals surface area contributed by atoms with Crippen molar-refractivity contribution in [2.75, 3.05) is 19.8 Å².